The lowest BCUT2D eigenvalue weighted by molar-refractivity contribution is 0.137. The number of aryl methyl sites for hydroxylation is 1. The molecule has 0 bridgehead atoms. The Morgan fingerprint density at radius 3 is 3.00 bits per heavy atom. The van der Waals surface area contributed by atoms with Gasteiger partial charge in [0.05, 0.1) is 11.7 Å². The third-order valence-corrected chi connectivity index (χ3v) is 3.85. The molecule has 1 aliphatic rings. The molecule has 0 aliphatic carbocycles. The summed E-state index contributed by atoms with van der Waals surface area (Å²) >= 11 is 0. The summed E-state index contributed by atoms with van der Waals surface area (Å²) in [4.78, 5) is 6.92. The van der Waals surface area contributed by atoms with Crippen LogP contribution in [0.4, 0.5) is 0 Å². The van der Waals surface area contributed by atoms with E-state index in [0.717, 1.165) is 18.8 Å². The molecule has 2 aromatic rings. The summed E-state index contributed by atoms with van der Waals surface area (Å²) in [6, 6.07) is 6.83. The zero-order chi connectivity index (χ0) is 13.1. The van der Waals surface area contributed by atoms with Crippen LogP contribution >= 0.6 is 0 Å². The molecule has 19 heavy (non-hydrogen) atoms. The van der Waals surface area contributed by atoms with Gasteiger partial charge in [-0.2, -0.15) is 5.10 Å². The van der Waals surface area contributed by atoms with Crippen LogP contribution in [-0.4, -0.2) is 26.6 Å². The van der Waals surface area contributed by atoms with Gasteiger partial charge in [-0.3, -0.25) is 15.0 Å². The molecule has 1 aliphatic heterocycles. The van der Waals surface area contributed by atoms with Gasteiger partial charge in [0.1, 0.15) is 0 Å². The second-order valence-electron chi connectivity index (χ2n) is 5.30. The maximum Gasteiger partial charge on any atom is 0.0523 e. The highest BCUT2D eigenvalue weighted by Crippen LogP contribution is 2.30. The molecule has 1 unspecified atom stereocenters. The van der Waals surface area contributed by atoms with Gasteiger partial charge in [-0.25, -0.2) is 0 Å². The van der Waals surface area contributed by atoms with Crippen LogP contribution in [0.1, 0.15) is 42.3 Å². The lowest BCUT2D eigenvalue weighted by Crippen LogP contribution is -2.33. The highest BCUT2D eigenvalue weighted by molar-refractivity contribution is 5.14. The second kappa shape index (κ2) is 5.53. The van der Waals surface area contributed by atoms with E-state index in [0.29, 0.717) is 6.04 Å². The minimum Gasteiger partial charge on any atom is -0.290 e. The van der Waals surface area contributed by atoms with Gasteiger partial charge in [-0.1, -0.05) is 12.5 Å². The van der Waals surface area contributed by atoms with Crippen molar-refractivity contribution in [3.8, 4) is 0 Å². The van der Waals surface area contributed by atoms with Crippen molar-refractivity contribution in [2.45, 2.75) is 38.8 Å². The van der Waals surface area contributed by atoms with E-state index in [1.165, 1.54) is 30.5 Å². The predicted molar refractivity (Wildman–Crippen MR) is 74.6 cm³/mol. The molecule has 1 N–H and O–H groups in total. The molecular formula is C15H20N4. The van der Waals surface area contributed by atoms with Crippen LogP contribution in [0.5, 0.6) is 0 Å². The normalized spacial score (nSPS) is 20.6. The predicted octanol–water partition coefficient (Wildman–Crippen LogP) is 2.84. The number of piperidine rings is 1. The SMILES string of the molecule is Cc1ccc(CN2CCCCC2c2ccn[nH]2)cn1. The summed E-state index contributed by atoms with van der Waals surface area (Å²) < 4.78 is 0. The number of hydrogen-bond donors (Lipinski definition) is 1. The Bertz CT molecular complexity index is 503. The van der Waals surface area contributed by atoms with Gasteiger partial charge in [0, 0.05) is 24.6 Å². The van der Waals surface area contributed by atoms with Crippen molar-refractivity contribution in [1.82, 2.24) is 20.1 Å². The number of aromatic nitrogens is 3. The van der Waals surface area contributed by atoms with E-state index in [9.17, 15) is 0 Å². The molecule has 0 saturated carbocycles. The first-order valence-corrected chi connectivity index (χ1v) is 6.98. The van der Waals surface area contributed by atoms with E-state index in [2.05, 4.69) is 38.3 Å². The number of rotatable bonds is 3. The molecule has 4 heteroatoms. The molecule has 3 rings (SSSR count). The van der Waals surface area contributed by atoms with Crippen molar-refractivity contribution in [3.63, 3.8) is 0 Å². The third-order valence-electron chi connectivity index (χ3n) is 3.85. The largest absolute Gasteiger partial charge is 0.290 e. The van der Waals surface area contributed by atoms with Crippen molar-refractivity contribution in [3.05, 3.63) is 47.5 Å². The Kier molecular flexibility index (Phi) is 3.60. The van der Waals surface area contributed by atoms with E-state index >= 15 is 0 Å². The highest BCUT2D eigenvalue weighted by atomic mass is 15.2. The Morgan fingerprint density at radius 2 is 2.26 bits per heavy atom. The van der Waals surface area contributed by atoms with Crippen LogP contribution in [0.2, 0.25) is 0 Å². The van der Waals surface area contributed by atoms with Gasteiger partial charge < -0.3 is 0 Å². The summed E-state index contributed by atoms with van der Waals surface area (Å²) in [6.45, 7) is 4.15. The number of nitrogens with one attached hydrogen (secondary N) is 1. The standard InChI is InChI=1S/C15H20N4/c1-12-5-6-13(10-16-12)11-19-9-3-2-4-15(19)14-7-8-17-18-14/h5-8,10,15H,2-4,9,11H2,1H3,(H,17,18). The molecule has 1 fully saturated rings. The van der Waals surface area contributed by atoms with Crippen molar-refractivity contribution < 1.29 is 0 Å². The first-order valence-electron chi connectivity index (χ1n) is 6.98. The van der Waals surface area contributed by atoms with Gasteiger partial charge in [-0.15, -0.1) is 0 Å². The van der Waals surface area contributed by atoms with E-state index in [4.69, 9.17) is 0 Å². The Labute approximate surface area is 113 Å². The molecule has 0 aromatic carbocycles. The summed E-state index contributed by atoms with van der Waals surface area (Å²) in [5, 5.41) is 7.21. The van der Waals surface area contributed by atoms with E-state index in [1.54, 1.807) is 0 Å². The molecule has 0 radical (unpaired) electrons. The number of nitrogens with zero attached hydrogens (tertiary/aromatic N) is 3. The molecule has 100 valence electrons. The first kappa shape index (κ1) is 12.4. The molecule has 0 amide bonds. The van der Waals surface area contributed by atoms with Crippen LogP contribution in [0.15, 0.2) is 30.6 Å². The number of aromatic amines is 1. The van der Waals surface area contributed by atoms with E-state index in [1.807, 2.05) is 19.3 Å². The summed E-state index contributed by atoms with van der Waals surface area (Å²) in [5.41, 5.74) is 3.60. The molecule has 4 nitrogen and oxygen atoms in total. The van der Waals surface area contributed by atoms with Crippen LogP contribution in [0.25, 0.3) is 0 Å². The molecule has 3 heterocycles. The third kappa shape index (κ3) is 2.84. The minimum atomic E-state index is 0.470. The van der Waals surface area contributed by atoms with E-state index in [-0.39, 0.29) is 0 Å². The van der Waals surface area contributed by atoms with Gasteiger partial charge in [-0.05, 0) is 44.0 Å². The number of hydrogen-bond acceptors (Lipinski definition) is 3. The molecule has 2 aromatic heterocycles. The zero-order valence-electron chi connectivity index (χ0n) is 11.3. The highest BCUT2D eigenvalue weighted by Gasteiger charge is 2.24. The first-order chi connectivity index (χ1) is 9.33. The molecule has 1 atom stereocenters. The maximum atomic E-state index is 4.39. The fourth-order valence-corrected chi connectivity index (χ4v) is 2.81. The average Bonchev–Trinajstić information content (AvgIpc) is 2.96. The van der Waals surface area contributed by atoms with Crippen LogP contribution in [0.3, 0.4) is 0 Å². The van der Waals surface area contributed by atoms with E-state index < -0.39 is 0 Å². The zero-order valence-corrected chi connectivity index (χ0v) is 11.3. The number of likely N-dealkylation sites (tertiary alicyclic amines) is 1. The van der Waals surface area contributed by atoms with Gasteiger partial charge in [0.25, 0.3) is 0 Å². The Hall–Kier alpha value is -1.68. The lowest BCUT2D eigenvalue weighted by Gasteiger charge is -2.35. The molecule has 0 spiro atoms. The smallest absolute Gasteiger partial charge is 0.0523 e. The monoisotopic (exact) mass is 256 g/mol. The van der Waals surface area contributed by atoms with Crippen LogP contribution in [-0.2, 0) is 6.54 Å². The Morgan fingerprint density at radius 1 is 1.32 bits per heavy atom. The fourth-order valence-electron chi connectivity index (χ4n) is 2.81. The van der Waals surface area contributed by atoms with Crippen molar-refractivity contribution in [2.75, 3.05) is 6.54 Å². The van der Waals surface area contributed by atoms with Gasteiger partial charge >= 0.3 is 0 Å². The lowest BCUT2D eigenvalue weighted by atomic mass is 9.99. The second-order valence-corrected chi connectivity index (χ2v) is 5.30. The van der Waals surface area contributed by atoms with Crippen LogP contribution in [0, 0.1) is 6.92 Å². The number of pyridine rings is 1. The molecule has 1 saturated heterocycles. The minimum absolute atomic E-state index is 0.470. The average molecular weight is 256 g/mol. The fraction of sp³-hybridized carbons (Fsp3) is 0.467. The summed E-state index contributed by atoms with van der Waals surface area (Å²) in [7, 11) is 0. The van der Waals surface area contributed by atoms with Crippen molar-refractivity contribution in [2.24, 2.45) is 0 Å². The quantitative estimate of drug-likeness (QED) is 0.918. The summed E-state index contributed by atoms with van der Waals surface area (Å²) in [5.74, 6) is 0. The van der Waals surface area contributed by atoms with Crippen molar-refractivity contribution in [1.29, 1.82) is 0 Å². The Balaban J connectivity index is 1.75. The summed E-state index contributed by atoms with van der Waals surface area (Å²) in [6.07, 6.45) is 7.63. The maximum absolute atomic E-state index is 4.39. The van der Waals surface area contributed by atoms with Gasteiger partial charge in [0.15, 0.2) is 0 Å². The van der Waals surface area contributed by atoms with Gasteiger partial charge in [0.2, 0.25) is 0 Å². The van der Waals surface area contributed by atoms with Crippen molar-refractivity contribution >= 4 is 0 Å². The molecular weight excluding hydrogens is 236 g/mol. The topological polar surface area (TPSA) is 44.8 Å². The van der Waals surface area contributed by atoms with Crippen LogP contribution < -0.4 is 0 Å². The number of H-pyrrole nitrogens is 1.